The van der Waals surface area contributed by atoms with Crippen molar-refractivity contribution in [3.63, 3.8) is 0 Å². The summed E-state index contributed by atoms with van der Waals surface area (Å²) in [5, 5.41) is 0. The highest BCUT2D eigenvalue weighted by Crippen LogP contribution is 2.27. The van der Waals surface area contributed by atoms with Crippen LogP contribution in [0.3, 0.4) is 0 Å². The Morgan fingerprint density at radius 3 is 2.95 bits per heavy atom. The van der Waals surface area contributed by atoms with E-state index in [1.165, 1.54) is 32.1 Å². The minimum atomic E-state index is 0.278. The third kappa shape index (κ3) is 2.92. The van der Waals surface area contributed by atoms with Gasteiger partial charge in [0, 0.05) is 19.2 Å². The Balaban J connectivity index is 1.62. The molecule has 0 unspecified atom stereocenters. The second kappa shape index (κ2) is 5.77. The van der Waals surface area contributed by atoms with E-state index in [2.05, 4.69) is 9.97 Å². The van der Waals surface area contributed by atoms with Crippen molar-refractivity contribution < 1.29 is 4.79 Å². The van der Waals surface area contributed by atoms with Gasteiger partial charge in [0.15, 0.2) is 0 Å². The van der Waals surface area contributed by atoms with Crippen LogP contribution >= 0.6 is 0 Å². The van der Waals surface area contributed by atoms with Crippen LogP contribution in [0, 0.1) is 5.92 Å². The molecule has 0 aromatic carbocycles. The summed E-state index contributed by atoms with van der Waals surface area (Å²) in [5.74, 6) is 1.16. The van der Waals surface area contributed by atoms with Gasteiger partial charge in [-0.2, -0.15) is 0 Å². The van der Waals surface area contributed by atoms with Gasteiger partial charge in [0.05, 0.1) is 12.2 Å². The van der Waals surface area contributed by atoms with Crippen LogP contribution in [-0.2, 0) is 17.8 Å². The topological polar surface area (TPSA) is 72.1 Å². The molecule has 2 aliphatic rings. The molecule has 1 fully saturated rings. The van der Waals surface area contributed by atoms with Crippen molar-refractivity contribution in [1.82, 2.24) is 14.9 Å². The number of carbonyl (C=O) groups excluding carboxylic acids is 1. The van der Waals surface area contributed by atoms with Crippen molar-refractivity contribution in [3.05, 3.63) is 17.5 Å². The maximum absolute atomic E-state index is 12.4. The van der Waals surface area contributed by atoms with Crippen molar-refractivity contribution >= 4 is 11.9 Å². The average molecular weight is 274 g/mol. The lowest BCUT2D eigenvalue weighted by atomic mass is 9.86. The molecule has 1 aliphatic heterocycles. The quantitative estimate of drug-likeness (QED) is 0.894. The SMILES string of the molecule is Nc1ncc2c(n1)CN(C(=O)CC1CCCCC1)CC2. The molecule has 5 nitrogen and oxygen atoms in total. The Morgan fingerprint density at radius 1 is 1.35 bits per heavy atom. The Bertz CT molecular complexity index is 497. The lowest BCUT2D eigenvalue weighted by Crippen LogP contribution is -2.37. The van der Waals surface area contributed by atoms with Gasteiger partial charge in [-0.1, -0.05) is 19.3 Å². The van der Waals surface area contributed by atoms with Crippen molar-refractivity contribution in [1.29, 1.82) is 0 Å². The van der Waals surface area contributed by atoms with Gasteiger partial charge in [0.2, 0.25) is 11.9 Å². The minimum absolute atomic E-state index is 0.278. The molecule has 0 bridgehead atoms. The van der Waals surface area contributed by atoms with Crippen LogP contribution in [0.15, 0.2) is 6.20 Å². The molecular formula is C15H22N4O. The van der Waals surface area contributed by atoms with Crippen LogP contribution in [-0.4, -0.2) is 27.3 Å². The maximum Gasteiger partial charge on any atom is 0.223 e. The molecule has 1 aromatic heterocycles. The number of amides is 1. The molecule has 0 saturated heterocycles. The highest BCUT2D eigenvalue weighted by Gasteiger charge is 2.25. The monoisotopic (exact) mass is 274 g/mol. The molecule has 0 radical (unpaired) electrons. The van der Waals surface area contributed by atoms with E-state index in [0.29, 0.717) is 24.8 Å². The molecule has 5 heteroatoms. The van der Waals surface area contributed by atoms with Gasteiger partial charge in [-0.05, 0) is 30.7 Å². The number of rotatable bonds is 2. The highest BCUT2D eigenvalue weighted by molar-refractivity contribution is 5.76. The third-order valence-electron chi connectivity index (χ3n) is 4.51. The van der Waals surface area contributed by atoms with Gasteiger partial charge in [0.1, 0.15) is 0 Å². The number of nitrogens with zero attached hydrogens (tertiary/aromatic N) is 3. The third-order valence-corrected chi connectivity index (χ3v) is 4.51. The maximum atomic E-state index is 12.4. The summed E-state index contributed by atoms with van der Waals surface area (Å²) in [5.41, 5.74) is 7.67. The van der Waals surface area contributed by atoms with Crippen LogP contribution < -0.4 is 5.73 Å². The Labute approximate surface area is 119 Å². The zero-order valence-corrected chi connectivity index (χ0v) is 11.8. The minimum Gasteiger partial charge on any atom is -0.368 e. The number of hydrogen-bond acceptors (Lipinski definition) is 4. The zero-order valence-electron chi connectivity index (χ0n) is 11.8. The molecule has 1 aromatic rings. The van der Waals surface area contributed by atoms with Gasteiger partial charge < -0.3 is 10.6 Å². The van der Waals surface area contributed by atoms with E-state index in [1.54, 1.807) is 6.20 Å². The molecule has 108 valence electrons. The van der Waals surface area contributed by atoms with Crippen LogP contribution in [0.4, 0.5) is 5.95 Å². The molecule has 20 heavy (non-hydrogen) atoms. The number of anilines is 1. The van der Waals surface area contributed by atoms with E-state index >= 15 is 0 Å². The molecular weight excluding hydrogens is 252 g/mol. The Kier molecular flexibility index (Phi) is 3.85. The summed E-state index contributed by atoms with van der Waals surface area (Å²) in [6.07, 6.45) is 9.66. The number of aromatic nitrogens is 2. The number of nitrogen functional groups attached to an aromatic ring is 1. The van der Waals surface area contributed by atoms with Crippen molar-refractivity contribution in [2.45, 2.75) is 51.5 Å². The Morgan fingerprint density at radius 2 is 2.15 bits per heavy atom. The molecule has 1 saturated carbocycles. The van der Waals surface area contributed by atoms with E-state index in [9.17, 15) is 4.79 Å². The van der Waals surface area contributed by atoms with Gasteiger partial charge in [-0.15, -0.1) is 0 Å². The largest absolute Gasteiger partial charge is 0.368 e. The smallest absolute Gasteiger partial charge is 0.223 e. The number of hydrogen-bond donors (Lipinski definition) is 1. The molecule has 1 amide bonds. The van der Waals surface area contributed by atoms with Crippen LogP contribution in [0.2, 0.25) is 0 Å². The lowest BCUT2D eigenvalue weighted by Gasteiger charge is -2.30. The van der Waals surface area contributed by atoms with Crippen LogP contribution in [0.25, 0.3) is 0 Å². The van der Waals surface area contributed by atoms with Gasteiger partial charge >= 0.3 is 0 Å². The Hall–Kier alpha value is -1.65. The number of nitrogens with two attached hydrogens (primary N) is 1. The molecule has 2 N–H and O–H groups in total. The summed E-state index contributed by atoms with van der Waals surface area (Å²) in [6.45, 7) is 1.37. The van der Waals surface area contributed by atoms with Crippen LogP contribution in [0.1, 0.15) is 49.8 Å². The number of carbonyl (C=O) groups is 1. The summed E-state index contributed by atoms with van der Waals surface area (Å²) >= 11 is 0. The first-order valence-electron chi connectivity index (χ1n) is 7.60. The first-order valence-corrected chi connectivity index (χ1v) is 7.60. The summed E-state index contributed by atoms with van der Waals surface area (Å²) in [4.78, 5) is 22.6. The number of fused-ring (bicyclic) bond motifs is 1. The van der Waals surface area contributed by atoms with Crippen molar-refractivity contribution in [3.8, 4) is 0 Å². The van der Waals surface area contributed by atoms with Crippen molar-refractivity contribution in [2.75, 3.05) is 12.3 Å². The van der Waals surface area contributed by atoms with E-state index in [4.69, 9.17) is 5.73 Å². The molecule has 1 aliphatic carbocycles. The van der Waals surface area contributed by atoms with E-state index in [-0.39, 0.29) is 5.91 Å². The molecule has 2 heterocycles. The molecule has 3 rings (SSSR count). The second-order valence-corrected chi connectivity index (χ2v) is 5.97. The van der Waals surface area contributed by atoms with Crippen molar-refractivity contribution in [2.24, 2.45) is 5.92 Å². The van der Waals surface area contributed by atoms with E-state index in [1.807, 2.05) is 4.90 Å². The van der Waals surface area contributed by atoms with E-state index in [0.717, 1.165) is 24.2 Å². The van der Waals surface area contributed by atoms with Gasteiger partial charge in [-0.3, -0.25) is 4.79 Å². The van der Waals surface area contributed by atoms with Gasteiger partial charge in [0.25, 0.3) is 0 Å². The second-order valence-electron chi connectivity index (χ2n) is 5.97. The predicted octanol–water partition coefficient (Wildman–Crippen LogP) is 1.91. The average Bonchev–Trinajstić information content (AvgIpc) is 2.47. The lowest BCUT2D eigenvalue weighted by molar-refractivity contribution is -0.133. The zero-order chi connectivity index (χ0) is 13.9. The summed E-state index contributed by atoms with van der Waals surface area (Å²) in [7, 11) is 0. The fourth-order valence-corrected chi connectivity index (χ4v) is 3.30. The van der Waals surface area contributed by atoms with E-state index < -0.39 is 0 Å². The summed E-state index contributed by atoms with van der Waals surface area (Å²) in [6, 6.07) is 0. The fraction of sp³-hybridized carbons (Fsp3) is 0.667. The first-order chi connectivity index (χ1) is 9.72. The van der Waals surface area contributed by atoms with Gasteiger partial charge in [-0.25, -0.2) is 9.97 Å². The first kappa shape index (κ1) is 13.3. The molecule has 0 spiro atoms. The summed E-state index contributed by atoms with van der Waals surface area (Å²) < 4.78 is 0. The van der Waals surface area contributed by atoms with Crippen LogP contribution in [0.5, 0.6) is 0 Å². The normalized spacial score (nSPS) is 19.7. The fourth-order valence-electron chi connectivity index (χ4n) is 3.30. The standard InChI is InChI=1S/C15H22N4O/c16-15-17-9-12-6-7-19(10-13(12)18-15)14(20)8-11-4-2-1-3-5-11/h9,11H,1-8,10H2,(H2,16,17,18). The highest BCUT2D eigenvalue weighted by atomic mass is 16.2. The molecule has 0 atom stereocenters. The predicted molar refractivity (Wildman–Crippen MR) is 76.8 cm³/mol.